The van der Waals surface area contributed by atoms with Crippen LogP contribution in [0.2, 0.25) is 0 Å². The zero-order chi connectivity index (χ0) is 12.5. The van der Waals surface area contributed by atoms with Gasteiger partial charge in [-0.25, -0.2) is 0 Å². The molecule has 1 aliphatic rings. The molecule has 1 rings (SSSR count). The number of Topliss-reactive ketones (excluding diaryl/α,β-unsaturated/α-hetero) is 1. The number of allylic oxidation sites excluding steroid dienone is 1. The highest BCUT2D eigenvalue weighted by atomic mass is 35.5. The van der Waals surface area contributed by atoms with Crippen LogP contribution in [0.4, 0.5) is 0 Å². The van der Waals surface area contributed by atoms with Crippen molar-refractivity contribution in [1.82, 2.24) is 9.80 Å². The van der Waals surface area contributed by atoms with Gasteiger partial charge in [-0.2, -0.15) is 0 Å². The van der Waals surface area contributed by atoms with Gasteiger partial charge in [0.15, 0.2) is 10.7 Å². The van der Waals surface area contributed by atoms with Crippen LogP contribution in [0.1, 0.15) is 0 Å². The van der Waals surface area contributed by atoms with Gasteiger partial charge in [0, 0.05) is 27.2 Å². The Labute approximate surface area is 103 Å². The van der Waals surface area contributed by atoms with Crippen LogP contribution in [-0.2, 0) is 4.79 Å². The maximum absolute atomic E-state index is 11.5. The van der Waals surface area contributed by atoms with Crippen molar-refractivity contribution >= 4 is 29.0 Å². The number of rotatable bonds is 3. The number of nitrogens with zero attached hydrogens (tertiary/aromatic N) is 3. The molecular weight excluding hydrogens is 257 g/mol. The summed E-state index contributed by atoms with van der Waals surface area (Å²) in [6.45, 7) is 1.23. The normalized spacial score (nSPS) is 15.9. The van der Waals surface area contributed by atoms with Crippen LogP contribution >= 0.6 is 23.2 Å². The number of hydrogen-bond acceptors (Lipinski definition) is 5. The van der Waals surface area contributed by atoms with Crippen LogP contribution in [0.3, 0.4) is 0 Å². The van der Waals surface area contributed by atoms with E-state index in [0.717, 1.165) is 0 Å². The van der Waals surface area contributed by atoms with Crippen molar-refractivity contribution in [2.75, 3.05) is 27.2 Å². The van der Waals surface area contributed by atoms with E-state index in [9.17, 15) is 14.9 Å². The van der Waals surface area contributed by atoms with E-state index in [4.69, 9.17) is 23.2 Å². The molecule has 8 heteroatoms. The molecule has 16 heavy (non-hydrogen) atoms. The molecule has 0 radical (unpaired) electrons. The minimum atomic E-state index is -1.42. The van der Waals surface area contributed by atoms with E-state index in [1.807, 2.05) is 0 Å². The van der Waals surface area contributed by atoms with Crippen molar-refractivity contribution in [2.45, 2.75) is 4.84 Å². The molecule has 0 amide bonds. The Morgan fingerprint density at radius 3 is 2.12 bits per heavy atom. The largest absolute Gasteiger partial charge is 0.354 e. The van der Waals surface area contributed by atoms with Crippen molar-refractivity contribution in [3.63, 3.8) is 0 Å². The summed E-state index contributed by atoms with van der Waals surface area (Å²) in [6, 6.07) is 0. The zero-order valence-corrected chi connectivity index (χ0v) is 10.3. The van der Waals surface area contributed by atoms with E-state index in [2.05, 4.69) is 0 Å². The molecule has 0 N–H and O–H groups in total. The summed E-state index contributed by atoms with van der Waals surface area (Å²) >= 11 is 10.8. The Hall–Kier alpha value is -1.01. The van der Waals surface area contributed by atoms with E-state index in [0.29, 0.717) is 13.1 Å². The topological polar surface area (TPSA) is 66.7 Å². The Morgan fingerprint density at radius 2 is 1.81 bits per heavy atom. The molecule has 0 atom stereocenters. The summed E-state index contributed by atoms with van der Waals surface area (Å²) in [5.41, 5.74) is -0.558. The third-order valence-electron chi connectivity index (χ3n) is 2.32. The maximum atomic E-state index is 11.5. The van der Waals surface area contributed by atoms with Crippen LogP contribution < -0.4 is 0 Å². The van der Waals surface area contributed by atoms with Gasteiger partial charge in [-0.15, -0.1) is 0 Å². The molecule has 0 spiro atoms. The highest BCUT2D eigenvalue weighted by Gasteiger charge is 2.37. The molecule has 1 fully saturated rings. The summed E-state index contributed by atoms with van der Waals surface area (Å²) in [5, 5.41) is 10.9. The Morgan fingerprint density at radius 1 is 1.38 bits per heavy atom. The standard InChI is InChI=1S/C8H11Cl2N3O3/c1-11-3-4-12(2)8(11)5(13(15)16)6(14)7(9)10/h7H,3-4H2,1-2H3. The first kappa shape index (κ1) is 13.1. The van der Waals surface area contributed by atoms with Gasteiger partial charge in [0.25, 0.3) is 5.78 Å². The predicted molar refractivity (Wildman–Crippen MR) is 59.8 cm³/mol. The molecule has 0 bridgehead atoms. The first-order valence-corrected chi connectivity index (χ1v) is 5.36. The summed E-state index contributed by atoms with van der Waals surface area (Å²) in [5.74, 6) is -0.634. The molecule has 0 saturated carbocycles. The first-order chi connectivity index (χ1) is 7.36. The lowest BCUT2D eigenvalue weighted by atomic mass is 10.3. The van der Waals surface area contributed by atoms with Gasteiger partial charge in [-0.3, -0.25) is 14.9 Å². The number of likely N-dealkylation sites (N-methyl/N-ethyl adjacent to an activating group) is 2. The van der Waals surface area contributed by atoms with Gasteiger partial charge < -0.3 is 9.80 Å². The van der Waals surface area contributed by atoms with Crippen molar-refractivity contribution in [3.8, 4) is 0 Å². The molecule has 0 aromatic heterocycles. The van der Waals surface area contributed by atoms with Crippen molar-refractivity contribution in [1.29, 1.82) is 0 Å². The highest BCUT2D eigenvalue weighted by Crippen LogP contribution is 2.22. The second-order valence-corrected chi connectivity index (χ2v) is 4.53. The molecule has 1 aliphatic heterocycles. The van der Waals surface area contributed by atoms with Crippen molar-refractivity contribution in [3.05, 3.63) is 21.6 Å². The van der Waals surface area contributed by atoms with Crippen LogP contribution in [0, 0.1) is 10.1 Å². The van der Waals surface area contributed by atoms with Gasteiger partial charge in [0.2, 0.25) is 0 Å². The average molecular weight is 268 g/mol. The molecule has 90 valence electrons. The van der Waals surface area contributed by atoms with Gasteiger partial charge in [-0.1, -0.05) is 23.2 Å². The fourth-order valence-corrected chi connectivity index (χ4v) is 1.76. The minimum absolute atomic E-state index is 0.251. The number of carbonyl (C=O) groups excluding carboxylic acids is 1. The summed E-state index contributed by atoms with van der Waals surface area (Å²) in [4.78, 5) is 23.5. The van der Waals surface area contributed by atoms with Crippen molar-refractivity contribution in [2.24, 2.45) is 0 Å². The number of hydrogen-bond donors (Lipinski definition) is 0. The minimum Gasteiger partial charge on any atom is -0.354 e. The highest BCUT2D eigenvalue weighted by molar-refractivity contribution is 6.55. The smallest absolute Gasteiger partial charge is 0.354 e. The summed E-state index contributed by atoms with van der Waals surface area (Å²) in [7, 11) is 3.35. The number of ketones is 1. The molecule has 0 aromatic rings. The number of nitro groups is 1. The van der Waals surface area contributed by atoms with Gasteiger partial charge in [0.1, 0.15) is 0 Å². The first-order valence-electron chi connectivity index (χ1n) is 4.49. The van der Waals surface area contributed by atoms with Crippen LogP contribution in [-0.4, -0.2) is 52.5 Å². The van der Waals surface area contributed by atoms with Crippen LogP contribution in [0.15, 0.2) is 11.5 Å². The Balaban J connectivity index is 3.24. The third-order valence-corrected chi connectivity index (χ3v) is 2.72. The molecular formula is C8H11Cl2N3O3. The molecule has 1 heterocycles. The number of halogens is 2. The number of alkyl halides is 2. The van der Waals surface area contributed by atoms with E-state index >= 15 is 0 Å². The number of carbonyl (C=O) groups is 1. The molecule has 6 nitrogen and oxygen atoms in total. The van der Waals surface area contributed by atoms with Crippen LogP contribution in [0.5, 0.6) is 0 Å². The van der Waals surface area contributed by atoms with Gasteiger partial charge >= 0.3 is 5.70 Å². The second kappa shape index (κ2) is 4.88. The lowest BCUT2D eigenvalue weighted by Crippen LogP contribution is -2.28. The lowest BCUT2D eigenvalue weighted by Gasteiger charge is -2.17. The van der Waals surface area contributed by atoms with E-state index < -0.39 is 21.2 Å². The maximum Gasteiger partial charge on any atom is 0.354 e. The zero-order valence-electron chi connectivity index (χ0n) is 8.81. The third kappa shape index (κ3) is 2.38. The quantitative estimate of drug-likeness (QED) is 0.326. The van der Waals surface area contributed by atoms with E-state index in [1.54, 1.807) is 23.9 Å². The van der Waals surface area contributed by atoms with E-state index in [-0.39, 0.29) is 5.82 Å². The monoisotopic (exact) mass is 267 g/mol. The van der Waals surface area contributed by atoms with Gasteiger partial charge in [-0.05, 0) is 0 Å². The Bertz CT molecular complexity index is 344. The Kier molecular flexibility index (Phi) is 3.98. The molecule has 0 unspecified atom stereocenters. The predicted octanol–water partition coefficient (Wildman–Crippen LogP) is 0.682. The van der Waals surface area contributed by atoms with Crippen molar-refractivity contribution < 1.29 is 9.72 Å². The fourth-order valence-electron chi connectivity index (χ4n) is 1.55. The SMILES string of the molecule is CN1CCN(C)C1=C(C(=O)C(Cl)Cl)[N+](=O)[O-]. The summed E-state index contributed by atoms with van der Waals surface area (Å²) in [6.07, 6.45) is 0. The van der Waals surface area contributed by atoms with E-state index in [1.165, 1.54) is 0 Å². The average Bonchev–Trinajstić information content (AvgIpc) is 2.49. The molecule has 0 aromatic carbocycles. The summed E-state index contributed by atoms with van der Waals surface area (Å²) < 4.78 is 0. The van der Waals surface area contributed by atoms with Crippen LogP contribution in [0.25, 0.3) is 0 Å². The second-order valence-electron chi connectivity index (χ2n) is 3.44. The molecule has 1 saturated heterocycles. The fraction of sp³-hybridized carbons (Fsp3) is 0.625. The van der Waals surface area contributed by atoms with Gasteiger partial charge in [0.05, 0.1) is 4.92 Å². The lowest BCUT2D eigenvalue weighted by molar-refractivity contribution is -0.421. The molecule has 0 aliphatic carbocycles.